The van der Waals surface area contributed by atoms with E-state index >= 15 is 0 Å². The molecule has 2 N–H and O–H groups in total. The van der Waals surface area contributed by atoms with E-state index in [1.54, 1.807) is 0 Å². The highest BCUT2D eigenvalue weighted by molar-refractivity contribution is 5.98. The third-order valence-corrected chi connectivity index (χ3v) is 7.29. The minimum atomic E-state index is -1.15. The number of ether oxygens (including phenoxy) is 1. The third-order valence-electron chi connectivity index (χ3n) is 7.29. The molecule has 194 valence electrons. The molecule has 0 bridgehead atoms. The molecule has 0 aliphatic carbocycles. The minimum Gasteiger partial charge on any atom is -0.479 e. The molecule has 1 fully saturated rings. The number of nitrogens with one attached hydrogen (secondary N) is 1. The van der Waals surface area contributed by atoms with Crippen molar-refractivity contribution in [3.05, 3.63) is 46.3 Å². The predicted octanol–water partition coefficient (Wildman–Crippen LogP) is 5.22. The van der Waals surface area contributed by atoms with Crippen molar-refractivity contribution in [1.29, 1.82) is 0 Å². The van der Waals surface area contributed by atoms with Gasteiger partial charge in [-0.05, 0) is 76.5 Å². The first kappa shape index (κ1) is 26.1. The van der Waals surface area contributed by atoms with Gasteiger partial charge in [0.2, 0.25) is 0 Å². The van der Waals surface area contributed by atoms with E-state index in [0.29, 0.717) is 23.4 Å². The Labute approximate surface area is 214 Å². The van der Waals surface area contributed by atoms with Crippen LogP contribution in [0, 0.1) is 19.3 Å². The first-order valence-corrected chi connectivity index (χ1v) is 12.9. The van der Waals surface area contributed by atoms with Gasteiger partial charge in [-0.15, -0.1) is 0 Å². The number of aromatic nitrogens is 1. The highest BCUT2D eigenvalue weighted by Gasteiger charge is 2.36. The Morgan fingerprint density at radius 3 is 2.44 bits per heavy atom. The molecule has 7 heteroatoms. The average molecular weight is 494 g/mol. The molecular formula is C29H39N3O4. The number of carboxylic acids is 1. The second-order valence-corrected chi connectivity index (χ2v) is 11.9. The van der Waals surface area contributed by atoms with Crippen LogP contribution in [-0.2, 0) is 16.0 Å². The summed E-state index contributed by atoms with van der Waals surface area (Å²) < 4.78 is 6.15. The fraction of sp³-hybridized carbons (Fsp3) is 0.552. The Morgan fingerprint density at radius 2 is 1.83 bits per heavy atom. The van der Waals surface area contributed by atoms with Crippen molar-refractivity contribution in [3.63, 3.8) is 0 Å². The first-order valence-electron chi connectivity index (χ1n) is 12.9. The summed E-state index contributed by atoms with van der Waals surface area (Å²) in [4.78, 5) is 32.1. The van der Waals surface area contributed by atoms with Gasteiger partial charge in [0.15, 0.2) is 6.10 Å². The topological polar surface area (TPSA) is 91.8 Å². The quantitative estimate of drug-likeness (QED) is 0.593. The second-order valence-electron chi connectivity index (χ2n) is 11.9. The molecule has 2 aliphatic rings. The average Bonchev–Trinajstić information content (AvgIpc) is 2.77. The predicted molar refractivity (Wildman–Crippen MR) is 142 cm³/mol. The number of pyridine rings is 1. The maximum atomic E-state index is 12.6. The summed E-state index contributed by atoms with van der Waals surface area (Å²) in [6, 6.07) is 5.92. The summed E-state index contributed by atoms with van der Waals surface area (Å²) in [5.74, 6) is -1.07. The molecule has 7 nitrogen and oxygen atoms in total. The van der Waals surface area contributed by atoms with E-state index in [9.17, 15) is 14.7 Å². The fourth-order valence-electron chi connectivity index (χ4n) is 5.34. The monoisotopic (exact) mass is 493 g/mol. The van der Waals surface area contributed by atoms with Crippen LogP contribution < -0.4 is 10.2 Å². The van der Waals surface area contributed by atoms with E-state index in [1.165, 1.54) is 0 Å². The number of carbonyl (C=O) groups excluding carboxylic acids is 1. The SMILES string of the molecule is Cc1nc(C)c(C(OC(C)(C)C)C(=O)O)c(N2CCC(C)(C)CC2)c1-c1ccc2c(c1)CCNC2=O. The van der Waals surface area contributed by atoms with Crippen LogP contribution in [0.1, 0.15) is 86.4 Å². The van der Waals surface area contributed by atoms with Crippen molar-refractivity contribution < 1.29 is 19.4 Å². The molecule has 0 radical (unpaired) electrons. The van der Waals surface area contributed by atoms with E-state index in [0.717, 1.165) is 60.4 Å². The lowest BCUT2D eigenvalue weighted by atomic mass is 9.81. The highest BCUT2D eigenvalue weighted by atomic mass is 16.5. The number of piperidine rings is 1. The molecule has 4 rings (SSSR count). The molecule has 1 saturated heterocycles. The van der Waals surface area contributed by atoms with E-state index in [1.807, 2.05) is 46.8 Å². The summed E-state index contributed by atoms with van der Waals surface area (Å²) in [7, 11) is 0. The number of aliphatic carboxylic acids is 1. The van der Waals surface area contributed by atoms with E-state index in [2.05, 4.69) is 30.1 Å². The number of nitrogens with zero attached hydrogens (tertiary/aromatic N) is 2. The number of anilines is 1. The number of carboxylic acid groups (broad SMARTS) is 1. The molecule has 3 heterocycles. The Hall–Kier alpha value is -2.93. The zero-order valence-corrected chi connectivity index (χ0v) is 22.6. The van der Waals surface area contributed by atoms with Gasteiger partial charge in [-0.25, -0.2) is 4.79 Å². The van der Waals surface area contributed by atoms with Crippen molar-refractivity contribution in [1.82, 2.24) is 10.3 Å². The Balaban J connectivity index is 1.96. The zero-order chi connectivity index (χ0) is 26.4. The van der Waals surface area contributed by atoms with Crippen LogP contribution in [-0.4, -0.2) is 47.2 Å². The summed E-state index contributed by atoms with van der Waals surface area (Å²) in [6.45, 7) is 16.3. The number of carbonyl (C=O) groups is 2. The summed E-state index contributed by atoms with van der Waals surface area (Å²) >= 11 is 0. The molecule has 36 heavy (non-hydrogen) atoms. The number of amides is 1. The maximum Gasteiger partial charge on any atom is 0.337 e. The van der Waals surface area contributed by atoms with Crippen molar-refractivity contribution in [2.45, 2.75) is 79.4 Å². The number of rotatable bonds is 5. The van der Waals surface area contributed by atoms with Gasteiger partial charge >= 0.3 is 5.97 Å². The van der Waals surface area contributed by atoms with Crippen LogP contribution in [0.4, 0.5) is 5.69 Å². The molecule has 1 amide bonds. The maximum absolute atomic E-state index is 12.6. The lowest BCUT2D eigenvalue weighted by Crippen LogP contribution is -2.39. The molecule has 2 aromatic rings. The van der Waals surface area contributed by atoms with Crippen LogP contribution in [0.25, 0.3) is 11.1 Å². The molecule has 0 saturated carbocycles. The number of hydrogen-bond acceptors (Lipinski definition) is 5. The van der Waals surface area contributed by atoms with Gasteiger partial charge in [0.25, 0.3) is 5.91 Å². The number of aryl methyl sites for hydroxylation is 2. The van der Waals surface area contributed by atoms with Crippen molar-refractivity contribution >= 4 is 17.6 Å². The van der Waals surface area contributed by atoms with Crippen molar-refractivity contribution in [2.75, 3.05) is 24.5 Å². The minimum absolute atomic E-state index is 0.0507. The van der Waals surface area contributed by atoms with Crippen LogP contribution >= 0.6 is 0 Å². The van der Waals surface area contributed by atoms with Crippen LogP contribution in [0.2, 0.25) is 0 Å². The van der Waals surface area contributed by atoms with Gasteiger partial charge < -0.3 is 20.1 Å². The summed E-state index contributed by atoms with van der Waals surface area (Å²) in [5, 5.41) is 13.2. The number of fused-ring (bicyclic) bond motifs is 1. The molecule has 1 aromatic heterocycles. The summed E-state index contributed by atoms with van der Waals surface area (Å²) in [5.41, 5.74) is 6.19. The zero-order valence-electron chi connectivity index (χ0n) is 22.6. The third kappa shape index (κ3) is 5.26. The van der Waals surface area contributed by atoms with E-state index in [-0.39, 0.29) is 11.3 Å². The molecule has 1 unspecified atom stereocenters. The fourth-order valence-corrected chi connectivity index (χ4v) is 5.34. The number of hydrogen-bond donors (Lipinski definition) is 2. The molecule has 0 spiro atoms. The molecule has 1 atom stereocenters. The number of benzene rings is 1. The normalized spacial score (nSPS) is 18.4. The van der Waals surface area contributed by atoms with Crippen LogP contribution in [0.3, 0.4) is 0 Å². The Bertz CT molecular complexity index is 1190. The lowest BCUT2D eigenvalue weighted by Gasteiger charge is -2.41. The lowest BCUT2D eigenvalue weighted by molar-refractivity contribution is -0.160. The standard InChI is InChI=1S/C29H39N3O4/c1-17-22(20-8-9-21-19(16-20)10-13-30-26(21)33)24(32-14-11-29(6,7)12-15-32)23(18(2)31-17)25(27(34)35)36-28(3,4)5/h8-9,16,25H,10-15H2,1-7H3,(H,30,33)(H,34,35). The van der Waals surface area contributed by atoms with Crippen molar-refractivity contribution in [2.24, 2.45) is 5.41 Å². The molecular weight excluding hydrogens is 454 g/mol. The van der Waals surface area contributed by atoms with Crippen LogP contribution in [0.15, 0.2) is 18.2 Å². The first-order chi connectivity index (χ1) is 16.8. The molecule has 2 aliphatic heterocycles. The second kappa shape index (κ2) is 9.51. The Kier molecular flexibility index (Phi) is 6.90. The Morgan fingerprint density at radius 1 is 1.17 bits per heavy atom. The van der Waals surface area contributed by atoms with Gasteiger partial charge in [0.05, 0.1) is 11.3 Å². The van der Waals surface area contributed by atoms with E-state index < -0.39 is 17.7 Å². The van der Waals surface area contributed by atoms with Crippen LogP contribution in [0.5, 0.6) is 0 Å². The highest BCUT2D eigenvalue weighted by Crippen LogP contribution is 2.45. The van der Waals surface area contributed by atoms with Gasteiger partial charge in [0, 0.05) is 47.7 Å². The smallest absolute Gasteiger partial charge is 0.337 e. The van der Waals surface area contributed by atoms with Gasteiger partial charge in [-0.3, -0.25) is 9.78 Å². The van der Waals surface area contributed by atoms with Gasteiger partial charge in [-0.2, -0.15) is 0 Å². The van der Waals surface area contributed by atoms with Gasteiger partial charge in [0.1, 0.15) is 0 Å². The molecule has 1 aromatic carbocycles. The summed E-state index contributed by atoms with van der Waals surface area (Å²) in [6.07, 6.45) is 1.63. The van der Waals surface area contributed by atoms with E-state index in [4.69, 9.17) is 9.72 Å². The largest absolute Gasteiger partial charge is 0.479 e. The van der Waals surface area contributed by atoms with Crippen molar-refractivity contribution in [3.8, 4) is 11.1 Å². The van der Waals surface area contributed by atoms with Gasteiger partial charge in [-0.1, -0.05) is 26.0 Å².